The smallest absolute Gasteiger partial charge is 0.231 e. The van der Waals surface area contributed by atoms with Gasteiger partial charge in [-0.25, -0.2) is 4.98 Å². The molecule has 31 heavy (non-hydrogen) atoms. The van der Waals surface area contributed by atoms with Gasteiger partial charge in [0.05, 0.1) is 36.6 Å². The molecular formula is C24H27N3O4. The van der Waals surface area contributed by atoms with Crippen LogP contribution in [-0.4, -0.2) is 52.7 Å². The van der Waals surface area contributed by atoms with Gasteiger partial charge in [0, 0.05) is 31.3 Å². The molecule has 0 amide bonds. The number of likely N-dealkylation sites (tertiary alicyclic amines) is 1. The summed E-state index contributed by atoms with van der Waals surface area (Å²) >= 11 is 0. The maximum Gasteiger partial charge on any atom is 0.231 e. The second kappa shape index (κ2) is 7.43. The molecule has 1 N–H and O–H groups in total. The molecule has 6 rings (SSSR count). The lowest BCUT2D eigenvalue weighted by molar-refractivity contribution is 0.0374. The third-order valence-electron chi connectivity index (χ3n) is 7.19. The summed E-state index contributed by atoms with van der Waals surface area (Å²) in [6, 6.07) is 12.2. The number of aromatic nitrogens is 2. The summed E-state index contributed by atoms with van der Waals surface area (Å²) in [4.78, 5) is 7.02. The molecule has 3 aliphatic rings. The molecule has 2 fully saturated rings. The average molecular weight is 421 g/mol. The van der Waals surface area contributed by atoms with Crippen LogP contribution in [0.1, 0.15) is 24.4 Å². The van der Waals surface area contributed by atoms with Gasteiger partial charge in [-0.05, 0) is 42.9 Å². The van der Waals surface area contributed by atoms with Gasteiger partial charge in [-0.3, -0.25) is 4.90 Å². The lowest BCUT2D eigenvalue weighted by atomic mass is 9.77. The highest BCUT2D eigenvalue weighted by molar-refractivity contribution is 5.75. The molecule has 1 aliphatic carbocycles. The fourth-order valence-electron chi connectivity index (χ4n) is 5.69. The number of hydrogen-bond acceptors (Lipinski definition) is 6. The summed E-state index contributed by atoms with van der Waals surface area (Å²) in [5, 5.41) is 11.0. The molecule has 2 aromatic carbocycles. The molecule has 3 heterocycles. The molecule has 4 atom stereocenters. The fourth-order valence-corrected chi connectivity index (χ4v) is 5.69. The molecule has 0 unspecified atom stereocenters. The summed E-state index contributed by atoms with van der Waals surface area (Å²) in [6.07, 6.45) is 3.35. The highest BCUT2D eigenvalue weighted by Gasteiger charge is 2.42. The van der Waals surface area contributed by atoms with Crippen molar-refractivity contribution < 1.29 is 19.3 Å². The number of aliphatic hydroxyl groups is 1. The van der Waals surface area contributed by atoms with Gasteiger partial charge >= 0.3 is 0 Å². The van der Waals surface area contributed by atoms with Crippen molar-refractivity contribution in [3.05, 3.63) is 48.3 Å². The number of imidazole rings is 1. The van der Waals surface area contributed by atoms with Crippen molar-refractivity contribution in [3.63, 3.8) is 0 Å². The van der Waals surface area contributed by atoms with Crippen molar-refractivity contribution in [1.82, 2.24) is 14.5 Å². The van der Waals surface area contributed by atoms with Gasteiger partial charge in [0.2, 0.25) is 6.79 Å². The Labute approximate surface area is 181 Å². The van der Waals surface area contributed by atoms with E-state index in [2.05, 4.69) is 20.5 Å². The second-order valence-corrected chi connectivity index (χ2v) is 8.98. The number of ether oxygens (including phenoxy) is 3. The number of para-hydroxylation sites is 2. The first-order valence-corrected chi connectivity index (χ1v) is 11.0. The molecular weight excluding hydrogens is 394 g/mol. The Morgan fingerprint density at radius 2 is 1.87 bits per heavy atom. The van der Waals surface area contributed by atoms with Crippen LogP contribution in [0.5, 0.6) is 17.2 Å². The maximum atomic E-state index is 11.0. The topological polar surface area (TPSA) is 69.0 Å². The highest BCUT2D eigenvalue weighted by atomic mass is 16.7. The molecule has 1 aromatic heterocycles. The van der Waals surface area contributed by atoms with Gasteiger partial charge in [0.25, 0.3) is 0 Å². The first-order valence-electron chi connectivity index (χ1n) is 11.0. The lowest BCUT2D eigenvalue weighted by Gasteiger charge is -2.36. The van der Waals surface area contributed by atoms with Gasteiger partial charge in [-0.2, -0.15) is 0 Å². The predicted octanol–water partition coefficient (Wildman–Crippen LogP) is 3.22. The Bertz CT molecular complexity index is 1110. The van der Waals surface area contributed by atoms with Crippen molar-refractivity contribution in [3.8, 4) is 17.2 Å². The van der Waals surface area contributed by atoms with Crippen LogP contribution in [-0.2, 0) is 6.54 Å². The molecule has 1 saturated heterocycles. The van der Waals surface area contributed by atoms with Crippen molar-refractivity contribution in [2.45, 2.75) is 31.5 Å². The standard InChI is InChI=1S/C24H27N3O4/c1-29-22-9-24-23(30-14-31-24)8-17(22)12-26-10-15-6-20(21(28)7-16(15)11-26)27-13-25-18-4-2-3-5-19(18)27/h2-5,8-9,13,15-16,20-21,28H,6-7,10-12,14H2,1H3/t15-,16+,20-,21-/m1/s1. The minimum Gasteiger partial charge on any atom is -0.496 e. The van der Waals surface area contributed by atoms with E-state index in [1.165, 1.54) is 0 Å². The summed E-state index contributed by atoms with van der Waals surface area (Å²) in [7, 11) is 1.70. The van der Waals surface area contributed by atoms with Crippen molar-refractivity contribution in [1.29, 1.82) is 0 Å². The zero-order chi connectivity index (χ0) is 20.9. The molecule has 2 aliphatic heterocycles. The quantitative estimate of drug-likeness (QED) is 0.698. The molecule has 3 aromatic rings. The number of methoxy groups -OCH3 is 1. The van der Waals surface area contributed by atoms with Gasteiger partial charge < -0.3 is 23.9 Å². The summed E-state index contributed by atoms with van der Waals surface area (Å²) in [6.45, 7) is 3.09. The molecule has 0 radical (unpaired) electrons. The number of benzene rings is 2. The lowest BCUT2D eigenvalue weighted by Crippen LogP contribution is -2.36. The van der Waals surface area contributed by atoms with E-state index in [4.69, 9.17) is 14.2 Å². The second-order valence-electron chi connectivity index (χ2n) is 8.98. The van der Waals surface area contributed by atoms with Crippen molar-refractivity contribution in [2.75, 3.05) is 27.0 Å². The Balaban J connectivity index is 1.20. The number of nitrogens with zero attached hydrogens (tertiary/aromatic N) is 3. The van der Waals surface area contributed by atoms with Crippen LogP contribution in [0.25, 0.3) is 11.0 Å². The highest BCUT2D eigenvalue weighted by Crippen LogP contribution is 2.44. The van der Waals surface area contributed by atoms with E-state index in [1.54, 1.807) is 7.11 Å². The van der Waals surface area contributed by atoms with E-state index in [0.717, 1.165) is 66.3 Å². The molecule has 7 heteroatoms. The summed E-state index contributed by atoms with van der Waals surface area (Å²) < 4.78 is 18.8. The third kappa shape index (κ3) is 3.23. The molecule has 7 nitrogen and oxygen atoms in total. The van der Waals surface area contributed by atoms with Crippen LogP contribution in [0.3, 0.4) is 0 Å². The van der Waals surface area contributed by atoms with E-state index < -0.39 is 0 Å². The zero-order valence-corrected chi connectivity index (χ0v) is 17.6. The predicted molar refractivity (Wildman–Crippen MR) is 115 cm³/mol. The van der Waals surface area contributed by atoms with E-state index in [0.29, 0.717) is 11.8 Å². The molecule has 1 saturated carbocycles. The largest absolute Gasteiger partial charge is 0.496 e. The van der Waals surface area contributed by atoms with E-state index in [-0.39, 0.29) is 18.9 Å². The number of fused-ring (bicyclic) bond motifs is 3. The maximum absolute atomic E-state index is 11.0. The molecule has 0 bridgehead atoms. The number of aliphatic hydroxyl groups excluding tert-OH is 1. The van der Waals surface area contributed by atoms with Crippen molar-refractivity contribution >= 4 is 11.0 Å². The van der Waals surface area contributed by atoms with Crippen LogP contribution in [0.2, 0.25) is 0 Å². The van der Waals surface area contributed by atoms with Crippen LogP contribution in [0.4, 0.5) is 0 Å². The summed E-state index contributed by atoms with van der Waals surface area (Å²) in [5.74, 6) is 3.45. The van der Waals surface area contributed by atoms with E-state index in [9.17, 15) is 5.11 Å². The Hall–Kier alpha value is -2.77. The Morgan fingerprint density at radius 3 is 2.71 bits per heavy atom. The Morgan fingerprint density at radius 1 is 1.10 bits per heavy atom. The van der Waals surface area contributed by atoms with Crippen LogP contribution >= 0.6 is 0 Å². The minimum absolute atomic E-state index is 0.0775. The van der Waals surface area contributed by atoms with E-state index in [1.807, 2.05) is 36.7 Å². The fraction of sp³-hybridized carbons (Fsp3) is 0.458. The van der Waals surface area contributed by atoms with Gasteiger partial charge in [-0.1, -0.05) is 12.1 Å². The third-order valence-corrected chi connectivity index (χ3v) is 7.19. The van der Waals surface area contributed by atoms with Gasteiger partial charge in [-0.15, -0.1) is 0 Å². The monoisotopic (exact) mass is 421 g/mol. The zero-order valence-electron chi connectivity index (χ0n) is 17.6. The van der Waals surface area contributed by atoms with Gasteiger partial charge in [0.15, 0.2) is 11.5 Å². The SMILES string of the molecule is COc1cc2c(cc1CN1C[C@H]3C[C@@H](n4cnc5ccccc54)[C@H](O)C[C@H]3C1)OCO2. The average Bonchev–Trinajstić information content (AvgIpc) is 3.50. The molecule has 162 valence electrons. The molecule has 0 spiro atoms. The minimum atomic E-state index is -0.348. The summed E-state index contributed by atoms with van der Waals surface area (Å²) in [5.41, 5.74) is 3.20. The number of rotatable bonds is 4. The van der Waals surface area contributed by atoms with Crippen LogP contribution in [0, 0.1) is 11.8 Å². The van der Waals surface area contributed by atoms with Crippen LogP contribution < -0.4 is 14.2 Å². The number of hydrogen-bond donors (Lipinski definition) is 1. The van der Waals surface area contributed by atoms with Crippen molar-refractivity contribution in [2.24, 2.45) is 11.8 Å². The normalized spacial score (nSPS) is 27.5. The first-order chi connectivity index (χ1) is 15.2. The van der Waals surface area contributed by atoms with E-state index >= 15 is 0 Å². The van der Waals surface area contributed by atoms with Crippen LogP contribution in [0.15, 0.2) is 42.7 Å². The first kappa shape index (κ1) is 19.0. The van der Waals surface area contributed by atoms with Gasteiger partial charge in [0.1, 0.15) is 5.75 Å². The Kier molecular flexibility index (Phi) is 4.54.